The van der Waals surface area contributed by atoms with Crippen LogP contribution in [0.25, 0.3) is 5.57 Å². The van der Waals surface area contributed by atoms with E-state index in [0.717, 1.165) is 36.6 Å². The van der Waals surface area contributed by atoms with E-state index in [1.807, 2.05) is 18.2 Å². The molecule has 0 spiro atoms. The minimum atomic E-state index is 0.0938. The molecule has 1 aliphatic rings. The van der Waals surface area contributed by atoms with Gasteiger partial charge >= 0.3 is 0 Å². The fraction of sp³-hybridized carbons (Fsp3) is 0.467. The number of rotatable bonds is 6. The Morgan fingerprint density at radius 1 is 1.26 bits per heavy atom. The summed E-state index contributed by atoms with van der Waals surface area (Å²) in [4.78, 5) is 2.34. The summed E-state index contributed by atoms with van der Waals surface area (Å²) in [5.41, 5.74) is 2.48. The lowest BCUT2D eigenvalue weighted by Gasteiger charge is -2.26. The third-order valence-electron chi connectivity index (χ3n) is 3.30. The Hall–Kier alpha value is -0.870. The van der Waals surface area contributed by atoms with Crippen LogP contribution in [0, 0.1) is 0 Å². The van der Waals surface area contributed by atoms with Crippen molar-refractivity contribution in [3.63, 3.8) is 0 Å². The Kier molecular flexibility index (Phi) is 5.86. The van der Waals surface area contributed by atoms with Crippen molar-refractivity contribution >= 4 is 17.2 Å². The van der Waals surface area contributed by atoms with Gasteiger partial charge in [0.1, 0.15) is 0 Å². The number of ether oxygens (including phenoxy) is 1. The first-order valence-corrected chi connectivity index (χ1v) is 7.04. The van der Waals surface area contributed by atoms with Crippen LogP contribution in [0.5, 0.6) is 0 Å². The number of aliphatic hydroxyl groups excluding tert-OH is 1. The van der Waals surface area contributed by atoms with E-state index in [-0.39, 0.29) is 6.61 Å². The van der Waals surface area contributed by atoms with Crippen LogP contribution < -0.4 is 0 Å². The lowest BCUT2D eigenvalue weighted by Crippen LogP contribution is -2.32. The van der Waals surface area contributed by atoms with Crippen molar-refractivity contribution < 1.29 is 9.84 Å². The molecule has 0 bridgehead atoms. The third kappa shape index (κ3) is 4.32. The Morgan fingerprint density at radius 2 is 2.11 bits per heavy atom. The molecule has 1 heterocycles. The van der Waals surface area contributed by atoms with E-state index in [1.54, 1.807) is 0 Å². The van der Waals surface area contributed by atoms with Gasteiger partial charge in [0, 0.05) is 24.7 Å². The maximum atomic E-state index is 8.63. The van der Waals surface area contributed by atoms with E-state index in [0.29, 0.717) is 13.2 Å². The molecular formula is C15H20ClNO2. The minimum absolute atomic E-state index is 0.0938. The molecule has 1 aromatic rings. The molecule has 1 aromatic carbocycles. The Balaban J connectivity index is 1.85. The van der Waals surface area contributed by atoms with Crippen molar-refractivity contribution in [3.05, 3.63) is 40.9 Å². The number of halogens is 1. The van der Waals surface area contributed by atoms with Crippen LogP contribution >= 0.6 is 11.6 Å². The number of benzene rings is 1. The maximum Gasteiger partial charge on any atom is 0.0698 e. The van der Waals surface area contributed by atoms with Crippen LogP contribution in [0.4, 0.5) is 0 Å². The van der Waals surface area contributed by atoms with Crippen molar-refractivity contribution in [2.75, 3.05) is 39.5 Å². The van der Waals surface area contributed by atoms with Gasteiger partial charge in [-0.2, -0.15) is 0 Å². The summed E-state index contributed by atoms with van der Waals surface area (Å²) in [6.07, 6.45) is 3.26. The van der Waals surface area contributed by atoms with Crippen LogP contribution in [0.2, 0.25) is 5.02 Å². The number of aliphatic hydroxyl groups is 1. The maximum absolute atomic E-state index is 8.63. The lowest BCUT2D eigenvalue weighted by molar-refractivity contribution is 0.0757. The minimum Gasteiger partial charge on any atom is -0.394 e. The molecule has 1 aliphatic heterocycles. The van der Waals surface area contributed by atoms with Crippen LogP contribution in [0.1, 0.15) is 12.0 Å². The Labute approximate surface area is 119 Å². The molecule has 0 amide bonds. The Morgan fingerprint density at radius 3 is 2.79 bits per heavy atom. The van der Waals surface area contributed by atoms with Crippen LogP contribution in [0.15, 0.2) is 30.3 Å². The van der Waals surface area contributed by atoms with Gasteiger partial charge in [0.25, 0.3) is 0 Å². The first kappa shape index (κ1) is 14.5. The Bertz CT molecular complexity index is 434. The monoisotopic (exact) mass is 281 g/mol. The summed E-state index contributed by atoms with van der Waals surface area (Å²) in [7, 11) is 0. The molecule has 0 fully saturated rings. The predicted molar refractivity (Wildman–Crippen MR) is 78.4 cm³/mol. The second-order valence-corrected chi connectivity index (χ2v) is 5.00. The summed E-state index contributed by atoms with van der Waals surface area (Å²) < 4.78 is 5.28. The summed E-state index contributed by atoms with van der Waals surface area (Å²) in [5, 5.41) is 9.46. The van der Waals surface area contributed by atoms with Crippen LogP contribution in [-0.4, -0.2) is 49.5 Å². The zero-order valence-corrected chi connectivity index (χ0v) is 11.8. The molecule has 0 saturated carbocycles. The fourth-order valence-corrected chi connectivity index (χ4v) is 2.50. The fourth-order valence-electron chi connectivity index (χ4n) is 2.24. The lowest BCUT2D eigenvalue weighted by atomic mass is 9.99. The van der Waals surface area contributed by atoms with Gasteiger partial charge in [0.15, 0.2) is 0 Å². The van der Waals surface area contributed by atoms with E-state index >= 15 is 0 Å². The van der Waals surface area contributed by atoms with Gasteiger partial charge in [-0.15, -0.1) is 0 Å². The average Bonchev–Trinajstić information content (AvgIpc) is 2.45. The molecule has 0 radical (unpaired) electrons. The topological polar surface area (TPSA) is 32.7 Å². The summed E-state index contributed by atoms with van der Waals surface area (Å²) >= 11 is 6.21. The molecule has 2 rings (SSSR count). The molecule has 4 heteroatoms. The normalized spacial score (nSPS) is 16.4. The van der Waals surface area contributed by atoms with Crippen LogP contribution in [0.3, 0.4) is 0 Å². The molecule has 0 saturated heterocycles. The van der Waals surface area contributed by atoms with Crippen LogP contribution in [-0.2, 0) is 4.74 Å². The van der Waals surface area contributed by atoms with Gasteiger partial charge in [-0.1, -0.05) is 35.9 Å². The summed E-state index contributed by atoms with van der Waals surface area (Å²) in [5.74, 6) is 0. The van der Waals surface area contributed by atoms with E-state index < -0.39 is 0 Å². The second-order valence-electron chi connectivity index (χ2n) is 4.60. The molecule has 3 nitrogen and oxygen atoms in total. The quantitative estimate of drug-likeness (QED) is 0.813. The van der Waals surface area contributed by atoms with E-state index in [4.69, 9.17) is 21.4 Å². The van der Waals surface area contributed by atoms with Crippen molar-refractivity contribution in [1.82, 2.24) is 4.90 Å². The van der Waals surface area contributed by atoms with Crippen molar-refractivity contribution in [2.45, 2.75) is 6.42 Å². The van der Waals surface area contributed by atoms with Gasteiger partial charge < -0.3 is 9.84 Å². The number of hydrogen-bond donors (Lipinski definition) is 1. The molecule has 0 aliphatic carbocycles. The first-order chi connectivity index (χ1) is 9.31. The van der Waals surface area contributed by atoms with E-state index in [1.165, 1.54) is 5.57 Å². The summed E-state index contributed by atoms with van der Waals surface area (Å²) in [6, 6.07) is 8.00. The zero-order valence-electron chi connectivity index (χ0n) is 11.0. The molecule has 0 aromatic heterocycles. The van der Waals surface area contributed by atoms with Crippen molar-refractivity contribution in [2.24, 2.45) is 0 Å². The molecule has 0 atom stereocenters. The van der Waals surface area contributed by atoms with Gasteiger partial charge in [-0.25, -0.2) is 0 Å². The van der Waals surface area contributed by atoms with Gasteiger partial charge in [-0.3, -0.25) is 4.90 Å². The molecule has 19 heavy (non-hydrogen) atoms. The summed E-state index contributed by atoms with van der Waals surface area (Å²) in [6.45, 7) is 4.07. The third-order valence-corrected chi connectivity index (χ3v) is 3.63. The highest BCUT2D eigenvalue weighted by atomic mass is 35.5. The SMILES string of the molecule is OCCOCCN1CC=C(c2ccccc2Cl)CC1. The highest BCUT2D eigenvalue weighted by Crippen LogP contribution is 2.28. The van der Waals surface area contributed by atoms with Gasteiger partial charge in [-0.05, 0) is 23.6 Å². The van der Waals surface area contributed by atoms with Crippen molar-refractivity contribution in [1.29, 1.82) is 0 Å². The van der Waals surface area contributed by atoms with Gasteiger partial charge in [0.05, 0.1) is 19.8 Å². The smallest absolute Gasteiger partial charge is 0.0698 e. The molecular weight excluding hydrogens is 262 g/mol. The van der Waals surface area contributed by atoms with E-state index in [2.05, 4.69) is 17.0 Å². The molecule has 104 valence electrons. The molecule has 0 unspecified atom stereocenters. The number of hydrogen-bond acceptors (Lipinski definition) is 3. The zero-order chi connectivity index (χ0) is 13.5. The highest BCUT2D eigenvalue weighted by Gasteiger charge is 2.14. The predicted octanol–water partition coefficient (Wildman–Crippen LogP) is 2.44. The van der Waals surface area contributed by atoms with E-state index in [9.17, 15) is 0 Å². The average molecular weight is 282 g/mol. The number of nitrogens with zero attached hydrogens (tertiary/aromatic N) is 1. The second kappa shape index (κ2) is 7.65. The standard InChI is InChI=1S/C15H20ClNO2/c16-15-4-2-1-3-14(15)13-5-7-17(8-6-13)9-11-19-12-10-18/h1-5,18H,6-12H2. The largest absolute Gasteiger partial charge is 0.394 e. The molecule has 1 N–H and O–H groups in total. The van der Waals surface area contributed by atoms with Gasteiger partial charge in [0.2, 0.25) is 0 Å². The highest BCUT2D eigenvalue weighted by molar-refractivity contribution is 6.32. The first-order valence-electron chi connectivity index (χ1n) is 6.66. The van der Waals surface area contributed by atoms with Crippen molar-refractivity contribution in [3.8, 4) is 0 Å².